The van der Waals surface area contributed by atoms with Crippen LogP contribution >= 0.6 is 15.9 Å². The first-order chi connectivity index (χ1) is 13.9. The molecule has 8 heteroatoms. The van der Waals surface area contributed by atoms with Crippen LogP contribution in [-0.2, 0) is 9.53 Å². The maximum absolute atomic E-state index is 13.1. The largest absolute Gasteiger partial charge is 0.462 e. The molecule has 0 saturated carbocycles. The molecule has 0 amide bonds. The fraction of sp³-hybridized carbons (Fsp3) is 0.143. The number of fused-ring (bicyclic) bond motifs is 1. The molecule has 146 valence electrons. The number of rotatable bonds is 5. The Morgan fingerprint density at radius 1 is 1.31 bits per heavy atom. The average Bonchev–Trinajstić information content (AvgIpc) is 2.70. The molecular weight excluding hydrogens is 438 g/mol. The Kier molecular flexibility index (Phi) is 6.10. The van der Waals surface area contributed by atoms with Crippen molar-refractivity contribution >= 4 is 33.6 Å². The van der Waals surface area contributed by atoms with Crippen LogP contribution in [0.25, 0.3) is 11.7 Å². The monoisotopic (exact) mass is 453 g/mol. The Hall–Kier alpha value is -3.44. The number of ether oxygens (including phenoxy) is 2. The average molecular weight is 454 g/mol. The fourth-order valence-electron chi connectivity index (χ4n) is 2.60. The van der Waals surface area contributed by atoms with Crippen LogP contribution in [-0.4, -0.2) is 22.0 Å². The topological polar surface area (TPSA) is 93.7 Å². The molecule has 0 saturated heterocycles. The van der Waals surface area contributed by atoms with Crippen molar-refractivity contribution in [3.63, 3.8) is 0 Å². The minimum absolute atomic E-state index is 0.0105. The number of hydrogen-bond donors (Lipinski definition) is 0. The number of benzene rings is 1. The maximum Gasteiger partial charge on any atom is 0.348 e. The quantitative estimate of drug-likeness (QED) is 0.328. The number of aryl methyl sites for hydroxylation is 1. The molecule has 0 bridgehead atoms. The number of aromatic nitrogens is 2. The molecule has 0 atom stereocenters. The molecule has 1 aromatic carbocycles. The summed E-state index contributed by atoms with van der Waals surface area (Å²) in [6.45, 7) is 3.55. The Balaban J connectivity index is 2.24. The highest BCUT2D eigenvalue weighted by Gasteiger charge is 2.18. The molecule has 0 unspecified atom stereocenters. The summed E-state index contributed by atoms with van der Waals surface area (Å²) < 4.78 is 12.9. The lowest BCUT2D eigenvalue weighted by Gasteiger charge is -2.11. The van der Waals surface area contributed by atoms with Gasteiger partial charge in [-0.3, -0.25) is 9.20 Å². The molecule has 2 heterocycles. The van der Waals surface area contributed by atoms with Gasteiger partial charge in [-0.15, -0.1) is 0 Å². The summed E-state index contributed by atoms with van der Waals surface area (Å²) in [7, 11) is 0. The van der Waals surface area contributed by atoms with Gasteiger partial charge in [0.05, 0.1) is 6.61 Å². The lowest BCUT2D eigenvalue weighted by Crippen LogP contribution is -2.20. The van der Waals surface area contributed by atoms with Crippen LogP contribution < -0.4 is 10.3 Å². The molecule has 0 aliphatic carbocycles. The Labute approximate surface area is 175 Å². The summed E-state index contributed by atoms with van der Waals surface area (Å²) in [4.78, 5) is 29.6. The lowest BCUT2D eigenvalue weighted by atomic mass is 10.2. The van der Waals surface area contributed by atoms with Crippen LogP contribution in [0.2, 0.25) is 0 Å². The number of pyridine rings is 1. The van der Waals surface area contributed by atoms with Crippen molar-refractivity contribution in [3.05, 3.63) is 74.1 Å². The van der Waals surface area contributed by atoms with Gasteiger partial charge in [0.25, 0.3) is 5.56 Å². The molecule has 7 nitrogen and oxygen atoms in total. The Bertz CT molecular complexity index is 1210. The van der Waals surface area contributed by atoms with E-state index in [1.54, 1.807) is 49.5 Å². The molecule has 0 spiro atoms. The fourth-order valence-corrected chi connectivity index (χ4v) is 2.86. The van der Waals surface area contributed by atoms with Crippen LogP contribution in [0.5, 0.6) is 11.6 Å². The molecule has 2 aromatic heterocycles. The first-order valence-electron chi connectivity index (χ1n) is 8.69. The van der Waals surface area contributed by atoms with E-state index in [2.05, 4.69) is 20.9 Å². The van der Waals surface area contributed by atoms with Crippen molar-refractivity contribution in [2.45, 2.75) is 13.8 Å². The van der Waals surface area contributed by atoms with Gasteiger partial charge in [0.15, 0.2) is 0 Å². The highest BCUT2D eigenvalue weighted by Crippen LogP contribution is 2.26. The van der Waals surface area contributed by atoms with Crippen molar-refractivity contribution in [1.29, 1.82) is 5.26 Å². The first kappa shape index (κ1) is 20.3. The number of carbonyl (C=O) groups is 1. The number of esters is 1. The van der Waals surface area contributed by atoms with E-state index in [0.717, 1.165) is 16.1 Å². The van der Waals surface area contributed by atoms with Gasteiger partial charge in [-0.25, -0.2) is 4.79 Å². The van der Waals surface area contributed by atoms with E-state index in [1.807, 2.05) is 13.0 Å². The number of carbonyl (C=O) groups excluding carboxylic acids is 1. The molecule has 0 radical (unpaired) electrons. The molecular formula is C21H16BrN3O4. The zero-order valence-corrected chi connectivity index (χ0v) is 17.3. The molecule has 3 rings (SSSR count). The minimum atomic E-state index is -0.821. The van der Waals surface area contributed by atoms with Gasteiger partial charge < -0.3 is 9.47 Å². The third kappa shape index (κ3) is 4.36. The molecule has 0 fully saturated rings. The zero-order chi connectivity index (χ0) is 21.0. The second kappa shape index (κ2) is 8.71. The van der Waals surface area contributed by atoms with Crippen LogP contribution in [0.4, 0.5) is 0 Å². The Morgan fingerprint density at radius 2 is 2.03 bits per heavy atom. The van der Waals surface area contributed by atoms with Gasteiger partial charge in [-0.2, -0.15) is 10.2 Å². The normalized spacial score (nSPS) is 11.2. The number of nitriles is 1. The first-order valence-corrected chi connectivity index (χ1v) is 9.48. The van der Waals surface area contributed by atoms with Gasteiger partial charge in [-0.1, -0.05) is 22.0 Å². The van der Waals surface area contributed by atoms with Crippen LogP contribution in [0, 0.1) is 18.3 Å². The third-order valence-corrected chi connectivity index (χ3v) is 4.51. The summed E-state index contributed by atoms with van der Waals surface area (Å²) in [5, 5.41) is 9.35. The highest BCUT2D eigenvalue weighted by molar-refractivity contribution is 9.10. The summed E-state index contributed by atoms with van der Waals surface area (Å²) in [6, 6.07) is 12.3. The SMILES string of the molecule is CCOC(=O)C(C#N)=Cc1c(Oc2ccc(Br)cc2)nc2c(C)cccn2c1=O. The van der Waals surface area contributed by atoms with E-state index < -0.39 is 11.5 Å². The summed E-state index contributed by atoms with van der Waals surface area (Å²) >= 11 is 3.35. The van der Waals surface area contributed by atoms with Crippen molar-refractivity contribution in [1.82, 2.24) is 9.38 Å². The van der Waals surface area contributed by atoms with Crippen LogP contribution in [0.15, 0.2) is 57.4 Å². The molecule has 0 aliphatic heterocycles. The predicted octanol–water partition coefficient (Wildman–Crippen LogP) is 4.03. The van der Waals surface area contributed by atoms with Crippen LogP contribution in [0.3, 0.4) is 0 Å². The van der Waals surface area contributed by atoms with Crippen molar-refractivity contribution in [2.24, 2.45) is 0 Å². The van der Waals surface area contributed by atoms with E-state index in [-0.39, 0.29) is 23.6 Å². The molecule has 29 heavy (non-hydrogen) atoms. The van der Waals surface area contributed by atoms with Gasteiger partial charge in [0.2, 0.25) is 5.88 Å². The van der Waals surface area contributed by atoms with E-state index in [4.69, 9.17) is 9.47 Å². The van der Waals surface area contributed by atoms with E-state index >= 15 is 0 Å². The Morgan fingerprint density at radius 3 is 2.69 bits per heavy atom. The van der Waals surface area contributed by atoms with Crippen molar-refractivity contribution in [3.8, 4) is 17.7 Å². The zero-order valence-electron chi connectivity index (χ0n) is 15.7. The van der Waals surface area contributed by atoms with Crippen molar-refractivity contribution in [2.75, 3.05) is 6.61 Å². The van der Waals surface area contributed by atoms with Gasteiger partial charge in [0.1, 0.15) is 28.6 Å². The molecule has 0 aliphatic rings. The summed E-state index contributed by atoms with van der Waals surface area (Å²) in [6.07, 6.45) is 2.71. The molecule has 0 N–H and O–H groups in total. The van der Waals surface area contributed by atoms with Crippen molar-refractivity contribution < 1.29 is 14.3 Å². The van der Waals surface area contributed by atoms with E-state index in [0.29, 0.717) is 11.4 Å². The standard InChI is InChI=1S/C21H16BrN3O4/c1-3-28-21(27)14(12-23)11-17-19(29-16-8-6-15(22)7-9-16)24-18-13(2)5-4-10-25(18)20(17)26/h4-11H,3H2,1-2H3. The number of hydrogen-bond acceptors (Lipinski definition) is 6. The smallest absolute Gasteiger partial charge is 0.348 e. The van der Waals surface area contributed by atoms with Gasteiger partial charge in [-0.05, 0) is 55.8 Å². The maximum atomic E-state index is 13.1. The summed E-state index contributed by atoms with van der Waals surface area (Å²) in [5.41, 5.74) is 0.366. The minimum Gasteiger partial charge on any atom is -0.462 e. The highest BCUT2D eigenvalue weighted by atomic mass is 79.9. The second-order valence-electron chi connectivity index (χ2n) is 5.97. The second-order valence-corrected chi connectivity index (χ2v) is 6.88. The predicted molar refractivity (Wildman–Crippen MR) is 111 cm³/mol. The lowest BCUT2D eigenvalue weighted by molar-refractivity contribution is -0.137. The van der Waals surface area contributed by atoms with Gasteiger partial charge >= 0.3 is 5.97 Å². The van der Waals surface area contributed by atoms with Gasteiger partial charge in [0, 0.05) is 10.7 Å². The summed E-state index contributed by atoms with van der Waals surface area (Å²) in [5.74, 6) is -0.385. The van der Waals surface area contributed by atoms with Crippen LogP contribution in [0.1, 0.15) is 18.1 Å². The number of halogens is 1. The third-order valence-electron chi connectivity index (χ3n) is 3.98. The van der Waals surface area contributed by atoms with E-state index in [9.17, 15) is 14.9 Å². The number of nitrogens with zero attached hydrogens (tertiary/aromatic N) is 3. The molecule has 3 aromatic rings. The van der Waals surface area contributed by atoms with E-state index in [1.165, 1.54) is 4.40 Å².